The first kappa shape index (κ1) is 24.5. The van der Waals surface area contributed by atoms with Crippen LogP contribution in [-0.4, -0.2) is 40.1 Å². The molecular weight excluding hydrogens is 462 g/mol. The highest BCUT2D eigenvalue weighted by molar-refractivity contribution is 6.39. The van der Waals surface area contributed by atoms with E-state index in [0.717, 1.165) is 27.5 Å². The third-order valence-corrected chi connectivity index (χ3v) is 5.94. The topological polar surface area (TPSA) is 118 Å². The number of imide groups is 2. The van der Waals surface area contributed by atoms with Crippen molar-refractivity contribution in [1.29, 1.82) is 0 Å². The third kappa shape index (κ3) is 4.38. The number of carbonyl (C=O) groups is 4. The first-order chi connectivity index (χ1) is 17.1. The van der Waals surface area contributed by atoms with Gasteiger partial charge >= 0.3 is 12.0 Å². The number of carboxylic acids is 1. The Labute approximate surface area is 207 Å². The lowest BCUT2D eigenvalue weighted by Gasteiger charge is -2.26. The van der Waals surface area contributed by atoms with Gasteiger partial charge in [-0.1, -0.05) is 6.07 Å². The number of nitrogens with zero attached hydrogens (tertiary/aromatic N) is 2. The lowest BCUT2D eigenvalue weighted by molar-refractivity contribution is -0.122. The number of carbonyl (C=O) groups excluding carboxylic acids is 3. The molecule has 2 aromatic carbocycles. The average Bonchev–Trinajstić information content (AvgIpc) is 3.09. The molecule has 36 heavy (non-hydrogen) atoms. The van der Waals surface area contributed by atoms with E-state index >= 15 is 0 Å². The maximum absolute atomic E-state index is 13.3. The summed E-state index contributed by atoms with van der Waals surface area (Å²) in [5.41, 5.74) is 4.00. The minimum atomic E-state index is -1.01. The first-order valence-electron chi connectivity index (χ1n) is 11.3. The van der Waals surface area contributed by atoms with Crippen molar-refractivity contribution in [3.8, 4) is 11.4 Å². The van der Waals surface area contributed by atoms with Crippen molar-refractivity contribution in [3.63, 3.8) is 0 Å². The predicted octanol–water partition coefficient (Wildman–Crippen LogP) is 4.17. The molecule has 0 spiro atoms. The highest BCUT2D eigenvalue weighted by atomic mass is 16.5. The van der Waals surface area contributed by atoms with Crippen LogP contribution in [0.2, 0.25) is 0 Å². The lowest BCUT2D eigenvalue weighted by atomic mass is 10.1. The van der Waals surface area contributed by atoms with Gasteiger partial charge in [0, 0.05) is 23.1 Å². The maximum atomic E-state index is 13.3. The van der Waals surface area contributed by atoms with Crippen molar-refractivity contribution in [2.24, 2.45) is 0 Å². The van der Waals surface area contributed by atoms with Crippen molar-refractivity contribution in [2.45, 2.75) is 27.7 Å². The molecule has 0 unspecified atom stereocenters. The molecule has 0 radical (unpaired) electrons. The van der Waals surface area contributed by atoms with E-state index in [1.54, 1.807) is 36.4 Å². The molecule has 0 aliphatic carbocycles. The van der Waals surface area contributed by atoms with Crippen LogP contribution in [0.1, 0.15) is 39.8 Å². The molecule has 0 saturated carbocycles. The zero-order valence-corrected chi connectivity index (χ0v) is 20.3. The van der Waals surface area contributed by atoms with Crippen LogP contribution >= 0.6 is 0 Å². The quantitative estimate of drug-likeness (QED) is 0.398. The summed E-state index contributed by atoms with van der Waals surface area (Å²) in [7, 11) is 0. The van der Waals surface area contributed by atoms with Crippen molar-refractivity contribution in [2.75, 3.05) is 11.5 Å². The number of aryl methyl sites for hydroxylation is 2. The molecule has 0 bridgehead atoms. The van der Waals surface area contributed by atoms with Crippen molar-refractivity contribution >= 4 is 35.6 Å². The molecule has 3 aromatic rings. The number of aromatic carboxylic acids is 1. The number of hydrogen-bond donors (Lipinski definition) is 2. The number of nitrogens with one attached hydrogen (secondary N) is 1. The van der Waals surface area contributed by atoms with Crippen LogP contribution in [0.3, 0.4) is 0 Å². The van der Waals surface area contributed by atoms with Crippen LogP contribution in [0.5, 0.6) is 5.75 Å². The van der Waals surface area contributed by atoms with Gasteiger partial charge in [-0.05, 0) is 81.3 Å². The minimum Gasteiger partial charge on any atom is -0.494 e. The van der Waals surface area contributed by atoms with Gasteiger partial charge in [-0.25, -0.2) is 14.5 Å². The van der Waals surface area contributed by atoms with Gasteiger partial charge in [-0.3, -0.25) is 14.9 Å². The largest absolute Gasteiger partial charge is 0.494 e. The van der Waals surface area contributed by atoms with Gasteiger partial charge in [0.2, 0.25) is 0 Å². The van der Waals surface area contributed by atoms with E-state index in [9.17, 15) is 24.3 Å². The van der Waals surface area contributed by atoms with Gasteiger partial charge in [0.1, 0.15) is 11.3 Å². The standard InChI is InChI=1S/C27H25N3O6/c1-5-36-21-8-6-7-20(14-21)30-25(32)22(24(31)28-27(30)35)13-19-12-16(3)29(17(19)4)23-10-9-18(26(33)34)11-15(23)2/h6-14H,5H2,1-4H3,(H,33,34)(H,28,31,35)/b22-13+. The van der Waals surface area contributed by atoms with E-state index in [4.69, 9.17) is 4.74 Å². The summed E-state index contributed by atoms with van der Waals surface area (Å²) < 4.78 is 7.39. The molecule has 9 heteroatoms. The van der Waals surface area contributed by atoms with Gasteiger partial charge in [-0.15, -0.1) is 0 Å². The normalized spacial score (nSPS) is 14.8. The monoisotopic (exact) mass is 487 g/mol. The van der Waals surface area contributed by atoms with Gasteiger partial charge in [0.05, 0.1) is 17.9 Å². The Bertz CT molecular complexity index is 1450. The summed E-state index contributed by atoms with van der Waals surface area (Å²) in [6.45, 7) is 7.77. The maximum Gasteiger partial charge on any atom is 0.335 e. The third-order valence-electron chi connectivity index (χ3n) is 5.94. The number of urea groups is 1. The van der Waals surface area contributed by atoms with E-state index in [1.165, 1.54) is 12.1 Å². The number of carboxylic acid groups (broad SMARTS) is 1. The Kier molecular flexibility index (Phi) is 6.48. The van der Waals surface area contributed by atoms with Gasteiger partial charge < -0.3 is 14.4 Å². The van der Waals surface area contributed by atoms with E-state index in [2.05, 4.69) is 5.32 Å². The van der Waals surface area contributed by atoms with E-state index in [1.807, 2.05) is 38.3 Å². The van der Waals surface area contributed by atoms with Gasteiger partial charge in [-0.2, -0.15) is 0 Å². The highest BCUT2D eigenvalue weighted by Crippen LogP contribution is 2.28. The molecule has 1 aromatic heterocycles. The van der Waals surface area contributed by atoms with Crippen LogP contribution in [0.4, 0.5) is 10.5 Å². The molecule has 1 saturated heterocycles. The van der Waals surface area contributed by atoms with E-state index in [0.29, 0.717) is 17.9 Å². The lowest BCUT2D eigenvalue weighted by Crippen LogP contribution is -2.54. The van der Waals surface area contributed by atoms with Gasteiger partial charge in [0.15, 0.2) is 0 Å². The summed E-state index contributed by atoms with van der Waals surface area (Å²) in [4.78, 5) is 50.8. The zero-order chi connectivity index (χ0) is 26.1. The molecule has 1 aliphatic rings. The molecule has 2 heterocycles. The van der Waals surface area contributed by atoms with E-state index < -0.39 is 23.8 Å². The summed E-state index contributed by atoms with van der Waals surface area (Å²) in [5.74, 6) is -2.05. The second-order valence-corrected chi connectivity index (χ2v) is 8.36. The number of rotatable bonds is 6. The summed E-state index contributed by atoms with van der Waals surface area (Å²) in [6, 6.07) is 12.3. The van der Waals surface area contributed by atoms with Crippen molar-refractivity contribution in [3.05, 3.63) is 82.2 Å². The Balaban J connectivity index is 1.75. The fraction of sp³-hybridized carbons (Fsp3) is 0.185. The molecule has 1 aliphatic heterocycles. The van der Waals surface area contributed by atoms with Gasteiger partial charge in [0.25, 0.3) is 11.8 Å². The number of ether oxygens (including phenoxy) is 1. The number of barbiturate groups is 1. The first-order valence-corrected chi connectivity index (χ1v) is 11.3. The summed E-state index contributed by atoms with van der Waals surface area (Å²) in [6.07, 6.45) is 1.46. The Morgan fingerprint density at radius 2 is 1.81 bits per heavy atom. The summed E-state index contributed by atoms with van der Waals surface area (Å²) >= 11 is 0. The van der Waals surface area contributed by atoms with Crippen LogP contribution in [0.15, 0.2) is 54.1 Å². The van der Waals surface area contributed by atoms with Crippen LogP contribution in [-0.2, 0) is 9.59 Å². The molecule has 0 atom stereocenters. The fourth-order valence-corrected chi connectivity index (χ4v) is 4.27. The smallest absolute Gasteiger partial charge is 0.335 e. The fourth-order valence-electron chi connectivity index (χ4n) is 4.27. The molecule has 2 N–H and O–H groups in total. The summed E-state index contributed by atoms with van der Waals surface area (Å²) in [5, 5.41) is 11.5. The van der Waals surface area contributed by atoms with Crippen LogP contribution < -0.4 is 15.0 Å². The number of anilines is 1. The van der Waals surface area contributed by atoms with E-state index in [-0.39, 0.29) is 16.8 Å². The van der Waals surface area contributed by atoms with Crippen molar-refractivity contribution in [1.82, 2.24) is 9.88 Å². The van der Waals surface area contributed by atoms with Crippen LogP contribution in [0, 0.1) is 20.8 Å². The molecule has 4 rings (SSSR count). The molecule has 9 nitrogen and oxygen atoms in total. The second kappa shape index (κ2) is 9.53. The minimum absolute atomic E-state index is 0.184. The SMILES string of the molecule is CCOc1cccc(N2C(=O)NC(=O)/C(=C\c3cc(C)n(-c4ccc(C(=O)O)cc4C)c3C)C2=O)c1. The number of benzene rings is 2. The molecule has 1 fully saturated rings. The number of amides is 4. The number of hydrogen-bond acceptors (Lipinski definition) is 5. The Morgan fingerprint density at radius 3 is 2.47 bits per heavy atom. The Morgan fingerprint density at radius 1 is 1.06 bits per heavy atom. The number of aromatic nitrogens is 1. The second-order valence-electron chi connectivity index (χ2n) is 8.36. The van der Waals surface area contributed by atoms with Crippen molar-refractivity contribution < 1.29 is 29.0 Å². The predicted molar refractivity (Wildman–Crippen MR) is 134 cm³/mol. The highest BCUT2D eigenvalue weighted by Gasteiger charge is 2.37. The van der Waals surface area contributed by atoms with Crippen LogP contribution in [0.25, 0.3) is 11.8 Å². The average molecular weight is 488 g/mol. The molecule has 4 amide bonds. The molecule has 184 valence electrons. The zero-order valence-electron chi connectivity index (χ0n) is 20.3. The molecular formula is C27H25N3O6. The Hall–Kier alpha value is -4.66.